The fourth-order valence-electron chi connectivity index (χ4n) is 0.836. The van der Waals surface area contributed by atoms with Crippen molar-refractivity contribution >= 4 is 5.97 Å². The minimum atomic E-state index is -0.235. The Balaban J connectivity index is 3.96. The molecule has 0 atom stereocenters. The average molecular weight is 168 g/mol. The van der Waals surface area contributed by atoms with Crippen LogP contribution in [0.5, 0.6) is 0 Å². The van der Waals surface area contributed by atoms with Crippen molar-refractivity contribution in [2.75, 3.05) is 6.61 Å². The van der Waals surface area contributed by atoms with Gasteiger partial charge in [0.1, 0.15) is 6.61 Å². The molecule has 0 spiro atoms. The third-order valence-corrected chi connectivity index (χ3v) is 1.29. The van der Waals surface area contributed by atoms with E-state index in [1.807, 2.05) is 25.2 Å². The van der Waals surface area contributed by atoms with Crippen LogP contribution < -0.4 is 0 Å². The van der Waals surface area contributed by atoms with Gasteiger partial charge in [-0.3, -0.25) is 4.79 Å². The fraction of sp³-hybridized carbons (Fsp3) is 0.500. The number of ether oxygens (including phenoxy) is 1. The molecule has 0 rings (SSSR count). The highest BCUT2D eigenvalue weighted by Gasteiger charge is 1.94. The van der Waals surface area contributed by atoms with E-state index in [1.54, 1.807) is 0 Å². The lowest BCUT2D eigenvalue weighted by molar-refractivity contribution is -0.139. The number of allylic oxidation sites excluding steroid dienone is 2. The van der Waals surface area contributed by atoms with Crippen LogP contribution in [-0.2, 0) is 9.53 Å². The highest BCUT2D eigenvalue weighted by molar-refractivity contribution is 5.66. The maximum Gasteiger partial charge on any atom is 0.302 e. The molecular formula is C10H16O2. The molecule has 0 amide bonds. The zero-order valence-corrected chi connectivity index (χ0v) is 7.96. The van der Waals surface area contributed by atoms with Crippen LogP contribution in [0.15, 0.2) is 23.8 Å². The van der Waals surface area contributed by atoms with Crippen molar-refractivity contribution in [2.24, 2.45) is 0 Å². The van der Waals surface area contributed by atoms with Crippen molar-refractivity contribution < 1.29 is 9.53 Å². The molecule has 12 heavy (non-hydrogen) atoms. The van der Waals surface area contributed by atoms with Crippen LogP contribution in [0.1, 0.15) is 27.2 Å². The predicted octanol–water partition coefficient (Wildman–Crippen LogP) is 2.46. The van der Waals surface area contributed by atoms with E-state index in [4.69, 9.17) is 4.74 Å². The Kier molecular flexibility index (Phi) is 6.07. The minimum Gasteiger partial charge on any atom is -0.461 e. The van der Waals surface area contributed by atoms with Gasteiger partial charge in [0.05, 0.1) is 0 Å². The lowest BCUT2D eigenvalue weighted by Crippen LogP contribution is -2.01. The Morgan fingerprint density at radius 3 is 2.58 bits per heavy atom. The molecule has 2 nitrogen and oxygen atoms in total. The van der Waals surface area contributed by atoms with Gasteiger partial charge in [0, 0.05) is 6.92 Å². The molecular weight excluding hydrogens is 152 g/mol. The van der Waals surface area contributed by atoms with Gasteiger partial charge in [0.15, 0.2) is 0 Å². The van der Waals surface area contributed by atoms with E-state index in [2.05, 4.69) is 6.92 Å². The molecule has 68 valence electrons. The Morgan fingerprint density at radius 2 is 2.17 bits per heavy atom. The van der Waals surface area contributed by atoms with Crippen LogP contribution >= 0.6 is 0 Å². The SMILES string of the molecule is C/C=C\C(=C/CC)COC(C)=O. The highest BCUT2D eigenvalue weighted by atomic mass is 16.5. The Bertz CT molecular complexity index is 190. The maximum absolute atomic E-state index is 10.5. The zero-order chi connectivity index (χ0) is 9.40. The van der Waals surface area contributed by atoms with E-state index in [9.17, 15) is 4.79 Å². The van der Waals surface area contributed by atoms with Gasteiger partial charge < -0.3 is 4.74 Å². The Labute approximate surface area is 73.9 Å². The molecule has 0 heterocycles. The molecule has 0 aliphatic heterocycles. The van der Waals surface area contributed by atoms with Crippen molar-refractivity contribution in [3.8, 4) is 0 Å². The lowest BCUT2D eigenvalue weighted by Gasteiger charge is -2.01. The van der Waals surface area contributed by atoms with Crippen LogP contribution in [0.4, 0.5) is 0 Å². The summed E-state index contributed by atoms with van der Waals surface area (Å²) in [6.45, 7) is 5.79. The van der Waals surface area contributed by atoms with Crippen LogP contribution in [-0.4, -0.2) is 12.6 Å². The first-order chi connectivity index (χ1) is 5.70. The number of carbonyl (C=O) groups is 1. The minimum absolute atomic E-state index is 0.235. The van der Waals surface area contributed by atoms with Crippen molar-refractivity contribution in [3.63, 3.8) is 0 Å². The van der Waals surface area contributed by atoms with Gasteiger partial charge in [-0.15, -0.1) is 0 Å². The summed E-state index contributed by atoms with van der Waals surface area (Å²) in [7, 11) is 0. The van der Waals surface area contributed by atoms with Crippen LogP contribution in [0.25, 0.3) is 0 Å². The Hall–Kier alpha value is -1.05. The summed E-state index contributed by atoms with van der Waals surface area (Å²) < 4.78 is 4.85. The average Bonchev–Trinajstić information content (AvgIpc) is 2.01. The molecule has 0 aromatic heterocycles. The van der Waals surface area contributed by atoms with Gasteiger partial charge in [-0.05, 0) is 18.9 Å². The van der Waals surface area contributed by atoms with Crippen LogP contribution in [0.2, 0.25) is 0 Å². The summed E-state index contributed by atoms with van der Waals surface area (Å²) in [5, 5.41) is 0. The molecule has 0 saturated carbocycles. The van der Waals surface area contributed by atoms with Crippen LogP contribution in [0, 0.1) is 0 Å². The maximum atomic E-state index is 10.5. The van der Waals surface area contributed by atoms with Gasteiger partial charge in [-0.2, -0.15) is 0 Å². The molecule has 0 N–H and O–H groups in total. The van der Waals surface area contributed by atoms with E-state index in [0.717, 1.165) is 12.0 Å². The highest BCUT2D eigenvalue weighted by Crippen LogP contribution is 2.00. The number of rotatable bonds is 4. The summed E-state index contributed by atoms with van der Waals surface area (Å²) >= 11 is 0. The molecule has 0 fully saturated rings. The molecule has 2 heteroatoms. The van der Waals surface area contributed by atoms with Gasteiger partial charge >= 0.3 is 5.97 Å². The first kappa shape index (κ1) is 11.0. The second kappa shape index (κ2) is 6.65. The molecule has 0 bridgehead atoms. The van der Waals surface area contributed by atoms with Crippen molar-refractivity contribution in [3.05, 3.63) is 23.8 Å². The summed E-state index contributed by atoms with van der Waals surface area (Å²) in [6.07, 6.45) is 6.89. The first-order valence-electron chi connectivity index (χ1n) is 4.15. The molecule has 0 aromatic carbocycles. The third kappa shape index (κ3) is 5.71. The van der Waals surface area contributed by atoms with Crippen molar-refractivity contribution in [2.45, 2.75) is 27.2 Å². The van der Waals surface area contributed by atoms with E-state index in [1.165, 1.54) is 6.92 Å². The quantitative estimate of drug-likeness (QED) is 0.476. The molecule has 0 unspecified atom stereocenters. The smallest absolute Gasteiger partial charge is 0.302 e. The first-order valence-corrected chi connectivity index (χ1v) is 4.15. The largest absolute Gasteiger partial charge is 0.461 e. The van der Waals surface area contributed by atoms with E-state index >= 15 is 0 Å². The monoisotopic (exact) mass is 168 g/mol. The zero-order valence-electron chi connectivity index (χ0n) is 7.96. The Morgan fingerprint density at radius 1 is 1.50 bits per heavy atom. The lowest BCUT2D eigenvalue weighted by atomic mass is 10.2. The van der Waals surface area contributed by atoms with E-state index < -0.39 is 0 Å². The normalized spacial score (nSPS) is 12.1. The van der Waals surface area contributed by atoms with Gasteiger partial charge in [-0.25, -0.2) is 0 Å². The molecule has 0 saturated heterocycles. The van der Waals surface area contributed by atoms with E-state index in [-0.39, 0.29) is 5.97 Å². The topological polar surface area (TPSA) is 26.3 Å². The summed E-state index contributed by atoms with van der Waals surface area (Å²) in [6, 6.07) is 0. The molecule has 0 aliphatic carbocycles. The van der Waals surface area contributed by atoms with Gasteiger partial charge in [0.2, 0.25) is 0 Å². The number of carbonyl (C=O) groups excluding carboxylic acids is 1. The third-order valence-electron chi connectivity index (χ3n) is 1.29. The number of hydrogen-bond donors (Lipinski definition) is 0. The van der Waals surface area contributed by atoms with Crippen LogP contribution in [0.3, 0.4) is 0 Å². The molecule has 0 aromatic rings. The molecule has 0 radical (unpaired) electrons. The van der Waals surface area contributed by atoms with Gasteiger partial charge in [0.25, 0.3) is 0 Å². The van der Waals surface area contributed by atoms with Crippen molar-refractivity contribution in [1.29, 1.82) is 0 Å². The standard InChI is InChI=1S/C10H16O2/c1-4-6-10(7-5-2)8-12-9(3)11/h4,6-7H,5,8H2,1-3H3/b6-4-,10-7+. The predicted molar refractivity (Wildman–Crippen MR) is 49.8 cm³/mol. The summed E-state index contributed by atoms with van der Waals surface area (Å²) in [5.74, 6) is -0.235. The van der Waals surface area contributed by atoms with Crippen molar-refractivity contribution in [1.82, 2.24) is 0 Å². The number of esters is 1. The second-order valence-electron chi connectivity index (χ2n) is 2.47. The summed E-state index contributed by atoms with van der Waals surface area (Å²) in [5.41, 5.74) is 1.05. The fourth-order valence-corrected chi connectivity index (χ4v) is 0.836. The second-order valence-corrected chi connectivity index (χ2v) is 2.47. The number of hydrogen-bond acceptors (Lipinski definition) is 2. The molecule has 0 aliphatic rings. The van der Waals surface area contributed by atoms with E-state index in [0.29, 0.717) is 6.61 Å². The van der Waals surface area contributed by atoms with Gasteiger partial charge in [-0.1, -0.05) is 25.2 Å². The summed E-state index contributed by atoms with van der Waals surface area (Å²) in [4.78, 5) is 10.5.